The van der Waals surface area contributed by atoms with Gasteiger partial charge in [0, 0.05) is 23.8 Å². The van der Waals surface area contributed by atoms with Crippen molar-refractivity contribution in [1.82, 2.24) is 4.90 Å². The van der Waals surface area contributed by atoms with Crippen molar-refractivity contribution in [3.8, 4) is 0 Å². The van der Waals surface area contributed by atoms with Crippen molar-refractivity contribution in [1.29, 1.82) is 0 Å². The van der Waals surface area contributed by atoms with Crippen LogP contribution in [0.2, 0.25) is 0 Å². The number of amides is 1. The molecule has 1 aliphatic rings. The van der Waals surface area contributed by atoms with E-state index in [-0.39, 0.29) is 33.9 Å². The molecule has 0 aromatic heterocycles. The number of carbonyl (C=O) groups is 1. The van der Waals surface area contributed by atoms with E-state index in [0.717, 1.165) is 18.9 Å². The van der Waals surface area contributed by atoms with Gasteiger partial charge in [-0.05, 0) is 85.5 Å². The van der Waals surface area contributed by atoms with E-state index in [9.17, 15) is 22.0 Å². The first-order valence-electron chi connectivity index (χ1n) is 10.2. The summed E-state index contributed by atoms with van der Waals surface area (Å²) >= 11 is 0. The Kier molecular flexibility index (Phi) is 5.97. The maximum atomic E-state index is 13.5. The maximum Gasteiger partial charge on any atom is 0.261 e. The number of carbonyl (C=O) groups excluding carboxylic acids is 1. The van der Waals surface area contributed by atoms with Crippen molar-refractivity contribution in [2.45, 2.75) is 37.2 Å². The van der Waals surface area contributed by atoms with Crippen LogP contribution in [0.1, 0.15) is 34.3 Å². The normalized spacial score (nSPS) is 13.6. The zero-order valence-electron chi connectivity index (χ0n) is 17.4. The van der Waals surface area contributed by atoms with Crippen LogP contribution in [0, 0.1) is 18.6 Å². The minimum atomic E-state index is -3.90. The average molecular weight is 457 g/mol. The molecule has 32 heavy (non-hydrogen) atoms. The molecule has 0 heterocycles. The predicted molar refractivity (Wildman–Crippen MR) is 118 cm³/mol. The SMILES string of the molecule is Cc1cc(S(=O)(=O)Nc2ccc(C(=O)N(Cc3cccc(F)c3)C3CC3)cc2)ccc1F. The third kappa shape index (κ3) is 4.96. The number of benzene rings is 3. The van der Waals surface area contributed by atoms with Gasteiger partial charge >= 0.3 is 0 Å². The highest BCUT2D eigenvalue weighted by atomic mass is 32.2. The minimum Gasteiger partial charge on any atom is -0.331 e. The second-order valence-corrected chi connectivity index (χ2v) is 9.57. The first-order valence-corrected chi connectivity index (χ1v) is 11.7. The fraction of sp³-hybridized carbons (Fsp3) is 0.208. The third-order valence-electron chi connectivity index (χ3n) is 5.31. The molecule has 5 nitrogen and oxygen atoms in total. The molecular formula is C24H22F2N2O3S. The lowest BCUT2D eigenvalue weighted by Crippen LogP contribution is -2.32. The molecule has 3 aromatic rings. The van der Waals surface area contributed by atoms with Crippen molar-refractivity contribution < 1.29 is 22.0 Å². The van der Waals surface area contributed by atoms with Crippen LogP contribution in [-0.4, -0.2) is 25.3 Å². The molecule has 0 radical (unpaired) electrons. The molecule has 0 spiro atoms. The number of nitrogens with one attached hydrogen (secondary N) is 1. The topological polar surface area (TPSA) is 66.5 Å². The number of rotatable bonds is 7. The fourth-order valence-electron chi connectivity index (χ4n) is 3.43. The Morgan fingerprint density at radius 3 is 2.38 bits per heavy atom. The van der Waals surface area contributed by atoms with Gasteiger partial charge in [-0.1, -0.05) is 12.1 Å². The molecule has 0 atom stereocenters. The van der Waals surface area contributed by atoms with Gasteiger partial charge in [0.25, 0.3) is 15.9 Å². The van der Waals surface area contributed by atoms with E-state index in [0.29, 0.717) is 17.7 Å². The van der Waals surface area contributed by atoms with Gasteiger partial charge < -0.3 is 4.90 Å². The molecule has 1 N–H and O–H groups in total. The summed E-state index contributed by atoms with van der Waals surface area (Å²) in [5.41, 5.74) is 1.64. The molecule has 1 amide bonds. The molecule has 0 aliphatic heterocycles. The molecule has 0 bridgehead atoms. The quantitative estimate of drug-likeness (QED) is 0.551. The zero-order chi connectivity index (χ0) is 22.9. The van der Waals surface area contributed by atoms with Crippen molar-refractivity contribution in [2.24, 2.45) is 0 Å². The van der Waals surface area contributed by atoms with E-state index < -0.39 is 15.8 Å². The summed E-state index contributed by atoms with van der Waals surface area (Å²) in [7, 11) is -3.90. The molecule has 1 fully saturated rings. The van der Waals surface area contributed by atoms with Crippen molar-refractivity contribution >= 4 is 21.6 Å². The minimum absolute atomic E-state index is 0.0495. The van der Waals surface area contributed by atoms with Gasteiger partial charge in [0.2, 0.25) is 0 Å². The summed E-state index contributed by atoms with van der Waals surface area (Å²) in [5.74, 6) is -1.02. The highest BCUT2D eigenvalue weighted by Crippen LogP contribution is 2.30. The van der Waals surface area contributed by atoms with E-state index in [4.69, 9.17) is 0 Å². The molecular weight excluding hydrogens is 434 g/mol. The van der Waals surface area contributed by atoms with Crippen LogP contribution >= 0.6 is 0 Å². The van der Waals surface area contributed by atoms with Crippen LogP contribution in [0.15, 0.2) is 71.6 Å². The van der Waals surface area contributed by atoms with Gasteiger partial charge in [0.1, 0.15) is 11.6 Å². The van der Waals surface area contributed by atoms with Crippen LogP contribution in [0.5, 0.6) is 0 Å². The number of sulfonamides is 1. The molecule has 166 valence electrons. The Hall–Kier alpha value is -3.26. The Morgan fingerprint density at radius 2 is 1.75 bits per heavy atom. The van der Waals surface area contributed by atoms with Gasteiger partial charge in [0.05, 0.1) is 4.90 Å². The lowest BCUT2D eigenvalue weighted by Gasteiger charge is -2.23. The summed E-state index contributed by atoms with van der Waals surface area (Å²) in [6.07, 6.45) is 1.80. The first-order chi connectivity index (χ1) is 15.2. The van der Waals surface area contributed by atoms with Gasteiger partial charge in [-0.15, -0.1) is 0 Å². The smallest absolute Gasteiger partial charge is 0.261 e. The fourth-order valence-corrected chi connectivity index (χ4v) is 4.57. The summed E-state index contributed by atoms with van der Waals surface area (Å²) < 4.78 is 54.6. The summed E-state index contributed by atoms with van der Waals surface area (Å²) in [6.45, 7) is 1.80. The van der Waals surface area contributed by atoms with Crippen LogP contribution in [-0.2, 0) is 16.6 Å². The van der Waals surface area contributed by atoms with Crippen molar-refractivity contribution in [3.05, 3.63) is 95.1 Å². The van der Waals surface area contributed by atoms with Crippen LogP contribution in [0.3, 0.4) is 0 Å². The standard InChI is InChI=1S/C24H22F2N2O3S/c1-16-13-22(11-12-23(16)26)32(30,31)27-20-7-5-18(6-8-20)24(29)28(21-9-10-21)15-17-3-2-4-19(25)14-17/h2-8,11-14,21,27H,9-10,15H2,1H3. The molecule has 3 aromatic carbocycles. The predicted octanol–water partition coefficient (Wildman–Crippen LogP) is 4.88. The summed E-state index contributed by atoms with van der Waals surface area (Å²) in [5, 5.41) is 0. The van der Waals surface area contributed by atoms with E-state index >= 15 is 0 Å². The molecule has 0 unspecified atom stereocenters. The molecule has 0 saturated heterocycles. The molecule has 4 rings (SSSR count). The maximum absolute atomic E-state index is 13.5. The number of nitrogens with zero attached hydrogens (tertiary/aromatic N) is 1. The van der Waals surface area contributed by atoms with Crippen LogP contribution in [0.25, 0.3) is 0 Å². The monoisotopic (exact) mass is 456 g/mol. The number of hydrogen-bond acceptors (Lipinski definition) is 3. The second kappa shape index (κ2) is 8.70. The molecule has 1 saturated carbocycles. The van der Waals surface area contributed by atoms with Crippen molar-refractivity contribution in [3.63, 3.8) is 0 Å². The van der Waals surface area contributed by atoms with Gasteiger partial charge in [-0.25, -0.2) is 17.2 Å². The van der Waals surface area contributed by atoms with E-state index in [1.165, 1.54) is 43.3 Å². The Labute approximate surface area is 185 Å². The molecule has 1 aliphatic carbocycles. The number of halogens is 2. The van der Waals surface area contributed by atoms with E-state index in [2.05, 4.69) is 4.72 Å². The van der Waals surface area contributed by atoms with Gasteiger partial charge in [-0.2, -0.15) is 0 Å². The van der Waals surface area contributed by atoms with Gasteiger partial charge in [-0.3, -0.25) is 9.52 Å². The van der Waals surface area contributed by atoms with Crippen molar-refractivity contribution in [2.75, 3.05) is 4.72 Å². The summed E-state index contributed by atoms with van der Waals surface area (Å²) in [6, 6.07) is 16.0. The zero-order valence-corrected chi connectivity index (χ0v) is 18.2. The lowest BCUT2D eigenvalue weighted by atomic mass is 10.1. The number of aryl methyl sites for hydroxylation is 1. The Bertz CT molecular complexity index is 1260. The van der Waals surface area contributed by atoms with E-state index in [1.54, 1.807) is 29.2 Å². The average Bonchev–Trinajstić information content (AvgIpc) is 3.59. The van der Waals surface area contributed by atoms with E-state index in [1.807, 2.05) is 0 Å². The first kappa shape index (κ1) is 22.0. The summed E-state index contributed by atoms with van der Waals surface area (Å²) in [4.78, 5) is 14.7. The number of anilines is 1. The van der Waals surface area contributed by atoms with Crippen LogP contribution in [0.4, 0.5) is 14.5 Å². The molecule has 8 heteroatoms. The van der Waals surface area contributed by atoms with Crippen LogP contribution < -0.4 is 4.72 Å². The highest BCUT2D eigenvalue weighted by Gasteiger charge is 2.33. The Morgan fingerprint density at radius 1 is 1.03 bits per heavy atom. The largest absolute Gasteiger partial charge is 0.331 e. The number of hydrogen-bond donors (Lipinski definition) is 1. The lowest BCUT2D eigenvalue weighted by molar-refractivity contribution is 0.0729. The Balaban J connectivity index is 1.49. The van der Waals surface area contributed by atoms with Gasteiger partial charge in [0.15, 0.2) is 0 Å². The third-order valence-corrected chi connectivity index (χ3v) is 6.69. The second-order valence-electron chi connectivity index (χ2n) is 7.89. The highest BCUT2D eigenvalue weighted by molar-refractivity contribution is 7.92.